The largest absolute Gasteiger partial charge is 0.379 e. The molecule has 1 saturated heterocycles. The highest BCUT2D eigenvalue weighted by molar-refractivity contribution is 5.28. The predicted molar refractivity (Wildman–Crippen MR) is 61.2 cm³/mol. The third-order valence-corrected chi connectivity index (χ3v) is 2.90. The minimum atomic E-state index is -0.476. The van der Waals surface area contributed by atoms with Crippen LogP contribution in [0.15, 0.2) is 0 Å². The van der Waals surface area contributed by atoms with Gasteiger partial charge < -0.3 is 15.8 Å². The lowest BCUT2D eigenvalue weighted by Gasteiger charge is -2.21. The SMILES string of the molecule is CCNc1nnc(C2(N)CCOC2)n1CC. The van der Waals surface area contributed by atoms with E-state index in [1.807, 2.05) is 11.5 Å². The van der Waals surface area contributed by atoms with E-state index in [2.05, 4.69) is 22.4 Å². The summed E-state index contributed by atoms with van der Waals surface area (Å²) >= 11 is 0. The molecule has 0 amide bonds. The molecule has 1 aliphatic heterocycles. The van der Waals surface area contributed by atoms with E-state index in [-0.39, 0.29) is 0 Å². The summed E-state index contributed by atoms with van der Waals surface area (Å²) in [5.74, 6) is 1.61. The van der Waals surface area contributed by atoms with E-state index in [1.54, 1.807) is 0 Å². The van der Waals surface area contributed by atoms with Crippen molar-refractivity contribution in [2.75, 3.05) is 25.1 Å². The normalized spacial score (nSPS) is 24.9. The molecule has 0 aliphatic carbocycles. The predicted octanol–water partition coefficient (Wildman–Crippen LogP) is 0.304. The maximum absolute atomic E-state index is 6.29. The molecule has 2 rings (SSSR count). The van der Waals surface area contributed by atoms with Crippen LogP contribution < -0.4 is 11.1 Å². The zero-order chi connectivity index (χ0) is 11.6. The number of nitrogens with two attached hydrogens (primary N) is 1. The van der Waals surface area contributed by atoms with Crippen LogP contribution in [0.5, 0.6) is 0 Å². The number of hydrogen-bond donors (Lipinski definition) is 2. The molecule has 1 aromatic rings. The van der Waals surface area contributed by atoms with Gasteiger partial charge in [0.25, 0.3) is 0 Å². The molecule has 6 heteroatoms. The highest BCUT2D eigenvalue weighted by Gasteiger charge is 2.37. The van der Waals surface area contributed by atoms with Gasteiger partial charge in [0.15, 0.2) is 5.82 Å². The van der Waals surface area contributed by atoms with E-state index in [0.29, 0.717) is 13.2 Å². The molecule has 0 bridgehead atoms. The van der Waals surface area contributed by atoms with Crippen LogP contribution in [-0.2, 0) is 16.8 Å². The standard InChI is InChI=1S/C10H19N5O/c1-3-12-9-14-13-8(15(9)4-2)10(11)5-6-16-7-10/h3-7,11H2,1-2H3,(H,12,14). The van der Waals surface area contributed by atoms with Crippen LogP contribution in [0.2, 0.25) is 0 Å². The van der Waals surface area contributed by atoms with E-state index in [9.17, 15) is 0 Å². The van der Waals surface area contributed by atoms with Gasteiger partial charge in [-0.05, 0) is 20.3 Å². The molecule has 0 radical (unpaired) electrons. The third-order valence-electron chi connectivity index (χ3n) is 2.90. The van der Waals surface area contributed by atoms with Crippen LogP contribution in [-0.4, -0.2) is 34.5 Å². The molecule has 16 heavy (non-hydrogen) atoms. The van der Waals surface area contributed by atoms with Crippen molar-refractivity contribution in [3.05, 3.63) is 5.82 Å². The molecule has 1 unspecified atom stereocenters. The summed E-state index contributed by atoms with van der Waals surface area (Å²) in [6.45, 7) is 6.95. The highest BCUT2D eigenvalue weighted by atomic mass is 16.5. The lowest BCUT2D eigenvalue weighted by Crippen LogP contribution is -2.40. The first-order chi connectivity index (χ1) is 7.71. The van der Waals surface area contributed by atoms with Crippen molar-refractivity contribution < 1.29 is 4.74 Å². The van der Waals surface area contributed by atoms with E-state index >= 15 is 0 Å². The Morgan fingerprint density at radius 1 is 1.50 bits per heavy atom. The molecular weight excluding hydrogens is 206 g/mol. The van der Waals surface area contributed by atoms with Gasteiger partial charge in [-0.1, -0.05) is 0 Å². The summed E-state index contributed by atoms with van der Waals surface area (Å²) < 4.78 is 7.38. The Morgan fingerprint density at radius 2 is 2.31 bits per heavy atom. The Bertz CT molecular complexity index is 356. The lowest BCUT2D eigenvalue weighted by molar-refractivity contribution is 0.175. The fourth-order valence-corrected chi connectivity index (χ4v) is 2.02. The molecule has 0 saturated carbocycles. The fourth-order valence-electron chi connectivity index (χ4n) is 2.02. The van der Waals surface area contributed by atoms with Crippen LogP contribution in [0.25, 0.3) is 0 Å². The lowest BCUT2D eigenvalue weighted by atomic mass is 9.99. The van der Waals surface area contributed by atoms with E-state index in [1.165, 1.54) is 0 Å². The van der Waals surface area contributed by atoms with Gasteiger partial charge in [0.1, 0.15) is 5.54 Å². The van der Waals surface area contributed by atoms with Crippen LogP contribution in [0.4, 0.5) is 5.95 Å². The molecule has 3 N–H and O–H groups in total. The summed E-state index contributed by atoms with van der Waals surface area (Å²) in [5, 5.41) is 11.5. The second-order valence-corrected chi connectivity index (χ2v) is 4.08. The minimum absolute atomic E-state index is 0.476. The van der Waals surface area contributed by atoms with Crippen LogP contribution in [0.1, 0.15) is 26.1 Å². The van der Waals surface area contributed by atoms with Crippen LogP contribution in [0, 0.1) is 0 Å². The summed E-state index contributed by atoms with van der Waals surface area (Å²) in [6.07, 6.45) is 0.803. The monoisotopic (exact) mass is 225 g/mol. The topological polar surface area (TPSA) is 78.0 Å². The summed E-state index contributed by atoms with van der Waals surface area (Å²) in [4.78, 5) is 0. The van der Waals surface area contributed by atoms with E-state index in [4.69, 9.17) is 10.5 Å². The van der Waals surface area contributed by atoms with Crippen molar-refractivity contribution in [2.24, 2.45) is 5.73 Å². The Balaban J connectivity index is 2.33. The molecule has 1 atom stereocenters. The average molecular weight is 225 g/mol. The zero-order valence-corrected chi connectivity index (χ0v) is 9.86. The Morgan fingerprint density at radius 3 is 2.88 bits per heavy atom. The molecule has 1 aliphatic rings. The number of hydrogen-bond acceptors (Lipinski definition) is 5. The Hall–Kier alpha value is -1.14. The Labute approximate surface area is 95.2 Å². The quantitative estimate of drug-likeness (QED) is 0.770. The van der Waals surface area contributed by atoms with Crippen molar-refractivity contribution in [3.8, 4) is 0 Å². The van der Waals surface area contributed by atoms with Gasteiger partial charge in [0, 0.05) is 19.7 Å². The van der Waals surface area contributed by atoms with Crippen molar-refractivity contribution in [2.45, 2.75) is 32.4 Å². The van der Waals surface area contributed by atoms with Gasteiger partial charge in [-0.2, -0.15) is 0 Å². The third kappa shape index (κ3) is 1.78. The number of ether oxygens (including phenoxy) is 1. The maximum atomic E-state index is 6.29. The second kappa shape index (κ2) is 4.39. The van der Waals surface area contributed by atoms with Gasteiger partial charge in [0.2, 0.25) is 5.95 Å². The molecule has 0 aromatic carbocycles. The van der Waals surface area contributed by atoms with Gasteiger partial charge >= 0.3 is 0 Å². The van der Waals surface area contributed by atoms with E-state index in [0.717, 1.165) is 31.3 Å². The molecule has 0 spiro atoms. The minimum Gasteiger partial charge on any atom is -0.379 e. The van der Waals surface area contributed by atoms with Crippen LogP contribution in [0.3, 0.4) is 0 Å². The molecule has 90 valence electrons. The molecule has 1 fully saturated rings. The first-order valence-corrected chi connectivity index (χ1v) is 5.75. The van der Waals surface area contributed by atoms with Gasteiger partial charge in [-0.15, -0.1) is 10.2 Å². The fraction of sp³-hybridized carbons (Fsp3) is 0.800. The summed E-state index contributed by atoms with van der Waals surface area (Å²) in [5.41, 5.74) is 5.81. The number of anilines is 1. The zero-order valence-electron chi connectivity index (χ0n) is 9.86. The molecular formula is C10H19N5O. The first kappa shape index (κ1) is 11.3. The highest BCUT2D eigenvalue weighted by Crippen LogP contribution is 2.27. The average Bonchev–Trinajstić information content (AvgIpc) is 2.86. The van der Waals surface area contributed by atoms with Gasteiger partial charge in [-0.3, -0.25) is 4.57 Å². The number of rotatable bonds is 4. The van der Waals surface area contributed by atoms with Crippen molar-refractivity contribution in [3.63, 3.8) is 0 Å². The van der Waals surface area contributed by atoms with Crippen LogP contribution >= 0.6 is 0 Å². The second-order valence-electron chi connectivity index (χ2n) is 4.08. The van der Waals surface area contributed by atoms with E-state index < -0.39 is 5.54 Å². The van der Waals surface area contributed by atoms with Crippen molar-refractivity contribution in [1.82, 2.24) is 14.8 Å². The number of nitrogens with zero attached hydrogens (tertiary/aromatic N) is 3. The smallest absolute Gasteiger partial charge is 0.224 e. The van der Waals surface area contributed by atoms with Gasteiger partial charge in [-0.25, -0.2) is 0 Å². The van der Waals surface area contributed by atoms with Crippen molar-refractivity contribution >= 4 is 5.95 Å². The number of nitrogens with one attached hydrogen (secondary N) is 1. The van der Waals surface area contributed by atoms with Crippen molar-refractivity contribution in [1.29, 1.82) is 0 Å². The van der Waals surface area contributed by atoms with Gasteiger partial charge in [0.05, 0.1) is 6.61 Å². The molecule has 2 heterocycles. The maximum Gasteiger partial charge on any atom is 0.224 e. The first-order valence-electron chi connectivity index (χ1n) is 5.75. The summed E-state index contributed by atoms with van der Waals surface area (Å²) in [6, 6.07) is 0. The number of aromatic nitrogens is 3. The Kier molecular flexibility index (Phi) is 3.11. The molecule has 1 aromatic heterocycles. The summed E-state index contributed by atoms with van der Waals surface area (Å²) in [7, 11) is 0. The molecule has 6 nitrogen and oxygen atoms in total.